The molecule has 1 saturated heterocycles. The number of hydrogen-bond donors (Lipinski definition) is 2. The number of aromatic amines is 1. The van der Waals surface area contributed by atoms with E-state index in [0.717, 1.165) is 33.5 Å². The number of pyridine rings is 1. The summed E-state index contributed by atoms with van der Waals surface area (Å²) < 4.78 is 37.7. The molecule has 4 heterocycles. The Morgan fingerprint density at radius 2 is 1.87 bits per heavy atom. The van der Waals surface area contributed by atoms with Crippen LogP contribution in [0.15, 0.2) is 48.9 Å². The van der Waals surface area contributed by atoms with Crippen LogP contribution in [0, 0.1) is 6.92 Å². The van der Waals surface area contributed by atoms with Crippen LogP contribution in [0.3, 0.4) is 0 Å². The highest BCUT2D eigenvalue weighted by Gasteiger charge is 2.35. The number of H-pyrrole nitrogens is 1. The minimum Gasteiger partial charge on any atom is -0.340 e. The molecular weight excluding hydrogens is 497 g/mol. The third kappa shape index (κ3) is 5.91. The predicted octanol–water partition coefficient (Wildman–Crippen LogP) is 4.62. The smallest absolute Gasteiger partial charge is 0.340 e. The second kappa shape index (κ2) is 10.4. The Balaban J connectivity index is 1.24. The summed E-state index contributed by atoms with van der Waals surface area (Å²) in [4.78, 5) is 36.1. The number of piperazine rings is 1. The number of hydrogen-bond acceptors (Lipinski definition) is 7. The van der Waals surface area contributed by atoms with Crippen LogP contribution in [0.4, 0.5) is 24.9 Å². The van der Waals surface area contributed by atoms with Gasteiger partial charge in [0.25, 0.3) is 0 Å². The average molecular weight is 525 g/mol. The number of fused-ring (bicyclic) bond motifs is 1. The molecule has 3 aromatic heterocycles. The zero-order valence-electron chi connectivity index (χ0n) is 21.0. The number of halogens is 3. The Hall–Kier alpha value is -4.06. The number of benzene rings is 1. The molecule has 0 saturated carbocycles. The molecule has 1 fully saturated rings. The van der Waals surface area contributed by atoms with Gasteiger partial charge in [-0.2, -0.15) is 13.2 Å². The van der Waals surface area contributed by atoms with Gasteiger partial charge in [0.2, 0.25) is 11.9 Å². The van der Waals surface area contributed by atoms with Gasteiger partial charge in [-0.3, -0.25) is 9.69 Å². The molecule has 1 aliphatic heterocycles. The number of aromatic nitrogens is 5. The Bertz CT molecular complexity index is 1450. The molecule has 1 aliphatic rings. The monoisotopic (exact) mass is 524 g/mol. The fourth-order valence-electron chi connectivity index (χ4n) is 4.59. The van der Waals surface area contributed by atoms with Gasteiger partial charge in [-0.1, -0.05) is 6.07 Å². The van der Waals surface area contributed by atoms with Crippen LogP contribution in [-0.4, -0.2) is 73.0 Å². The number of amides is 1. The number of carbonyl (C=O) groups excluding carboxylic acids is 1. The van der Waals surface area contributed by atoms with Crippen molar-refractivity contribution in [1.82, 2.24) is 34.7 Å². The van der Waals surface area contributed by atoms with Gasteiger partial charge in [-0.15, -0.1) is 0 Å². The summed E-state index contributed by atoms with van der Waals surface area (Å²) in [6.07, 6.45) is -2.65. The van der Waals surface area contributed by atoms with Gasteiger partial charge in [0.05, 0.1) is 16.7 Å². The first kappa shape index (κ1) is 25.6. The van der Waals surface area contributed by atoms with Gasteiger partial charge in [-0.05, 0) is 49.7 Å². The molecule has 4 aromatic rings. The van der Waals surface area contributed by atoms with Crippen LogP contribution in [0.25, 0.3) is 22.3 Å². The summed E-state index contributed by atoms with van der Waals surface area (Å²) in [7, 11) is 0. The van der Waals surface area contributed by atoms with Crippen molar-refractivity contribution in [3.8, 4) is 11.3 Å². The minimum atomic E-state index is -4.49. The van der Waals surface area contributed by atoms with E-state index in [1.54, 1.807) is 12.5 Å². The number of imidazole rings is 1. The van der Waals surface area contributed by atoms with Gasteiger partial charge in [-0.25, -0.2) is 19.9 Å². The summed E-state index contributed by atoms with van der Waals surface area (Å²) in [6, 6.07) is 11.6. The standard InChI is InChI=1S/C26H27F3N8O/c1-16-11-21(32-15-31-16)19-3-4-20-22(12-19)34-25(33-20)35-23-13-18(5-6-30-23)17(2)36-7-9-37(10-8-36)24(38)14-26(27,28)29/h3-6,11-13,15,17H,7-10,14H2,1-2H3,(H2,30,33,34,35)/t17-/m1/s1. The summed E-state index contributed by atoms with van der Waals surface area (Å²) in [5, 5.41) is 3.22. The largest absolute Gasteiger partial charge is 0.397 e. The third-order valence-corrected chi connectivity index (χ3v) is 6.66. The highest BCUT2D eigenvalue weighted by atomic mass is 19.4. The van der Waals surface area contributed by atoms with E-state index in [2.05, 4.69) is 35.1 Å². The lowest BCUT2D eigenvalue weighted by Crippen LogP contribution is -2.50. The van der Waals surface area contributed by atoms with Crippen LogP contribution in [-0.2, 0) is 4.79 Å². The zero-order valence-corrected chi connectivity index (χ0v) is 21.0. The van der Waals surface area contributed by atoms with E-state index in [1.807, 2.05) is 50.2 Å². The van der Waals surface area contributed by atoms with Crippen molar-refractivity contribution >= 4 is 28.7 Å². The molecule has 9 nitrogen and oxygen atoms in total. The molecule has 1 atom stereocenters. The first-order chi connectivity index (χ1) is 18.1. The van der Waals surface area contributed by atoms with Gasteiger partial charge in [0.1, 0.15) is 18.6 Å². The average Bonchev–Trinajstić information content (AvgIpc) is 3.29. The van der Waals surface area contributed by atoms with Gasteiger partial charge < -0.3 is 15.2 Å². The molecule has 0 aliphatic carbocycles. The van der Waals surface area contributed by atoms with Crippen LogP contribution in [0.5, 0.6) is 0 Å². The topological polar surface area (TPSA) is 103 Å². The quantitative estimate of drug-likeness (QED) is 0.379. The van der Waals surface area contributed by atoms with E-state index >= 15 is 0 Å². The highest BCUT2D eigenvalue weighted by molar-refractivity contribution is 5.83. The normalized spacial score (nSPS) is 15.6. The Labute approximate surface area is 217 Å². The van der Waals surface area contributed by atoms with Gasteiger partial charge in [0.15, 0.2) is 0 Å². The lowest BCUT2D eigenvalue weighted by atomic mass is 10.1. The Morgan fingerprint density at radius 3 is 2.61 bits per heavy atom. The van der Waals surface area contributed by atoms with Gasteiger partial charge >= 0.3 is 6.18 Å². The molecule has 12 heteroatoms. The van der Waals surface area contributed by atoms with E-state index in [-0.39, 0.29) is 19.1 Å². The molecule has 2 N–H and O–H groups in total. The summed E-state index contributed by atoms with van der Waals surface area (Å²) in [5.74, 6) is 0.287. The minimum absolute atomic E-state index is 0.00651. The Morgan fingerprint density at radius 1 is 1.08 bits per heavy atom. The molecule has 0 spiro atoms. The maximum absolute atomic E-state index is 12.6. The number of anilines is 2. The number of carbonyl (C=O) groups is 1. The fourth-order valence-corrected chi connectivity index (χ4v) is 4.59. The van der Waals surface area contributed by atoms with Crippen molar-refractivity contribution in [2.24, 2.45) is 0 Å². The molecule has 0 unspecified atom stereocenters. The first-order valence-corrected chi connectivity index (χ1v) is 12.2. The number of aryl methyl sites for hydroxylation is 1. The number of rotatable bonds is 6. The molecular formula is C26H27F3N8O. The molecule has 0 radical (unpaired) electrons. The maximum atomic E-state index is 12.6. The molecule has 5 rings (SSSR count). The first-order valence-electron chi connectivity index (χ1n) is 12.2. The van der Waals surface area contributed by atoms with Gasteiger partial charge in [0, 0.05) is 49.7 Å². The molecule has 38 heavy (non-hydrogen) atoms. The fraction of sp³-hybridized carbons (Fsp3) is 0.346. The van der Waals surface area contributed by atoms with Crippen molar-refractivity contribution < 1.29 is 18.0 Å². The summed E-state index contributed by atoms with van der Waals surface area (Å²) >= 11 is 0. The van der Waals surface area contributed by atoms with Crippen molar-refractivity contribution in [1.29, 1.82) is 0 Å². The second-order valence-electron chi connectivity index (χ2n) is 9.35. The number of alkyl halides is 3. The van der Waals surface area contributed by atoms with Crippen LogP contribution < -0.4 is 5.32 Å². The van der Waals surface area contributed by atoms with Crippen molar-refractivity contribution in [3.05, 3.63) is 60.2 Å². The highest BCUT2D eigenvalue weighted by Crippen LogP contribution is 2.27. The van der Waals surface area contributed by atoms with Crippen LogP contribution in [0.1, 0.15) is 30.6 Å². The molecule has 1 aromatic carbocycles. The summed E-state index contributed by atoms with van der Waals surface area (Å²) in [6.45, 7) is 5.48. The van der Waals surface area contributed by atoms with Crippen molar-refractivity contribution in [2.45, 2.75) is 32.5 Å². The van der Waals surface area contributed by atoms with E-state index in [4.69, 9.17) is 0 Å². The second-order valence-corrected chi connectivity index (χ2v) is 9.35. The van der Waals surface area contributed by atoms with Crippen molar-refractivity contribution in [3.63, 3.8) is 0 Å². The van der Waals surface area contributed by atoms with E-state index in [9.17, 15) is 18.0 Å². The van der Waals surface area contributed by atoms with E-state index in [1.165, 1.54) is 4.90 Å². The number of nitrogens with zero attached hydrogens (tertiary/aromatic N) is 6. The predicted molar refractivity (Wildman–Crippen MR) is 137 cm³/mol. The maximum Gasteiger partial charge on any atom is 0.397 e. The SMILES string of the molecule is Cc1cc(-c2ccc3nc(Nc4cc([C@@H](C)N5CCN(C(=O)CC(F)(F)F)CC5)ccn4)[nH]c3c2)ncn1. The molecule has 1 amide bonds. The van der Waals surface area contributed by atoms with Crippen LogP contribution in [0.2, 0.25) is 0 Å². The Kier molecular flexibility index (Phi) is 6.98. The zero-order chi connectivity index (χ0) is 26.9. The van der Waals surface area contributed by atoms with E-state index < -0.39 is 18.5 Å². The lowest BCUT2D eigenvalue weighted by Gasteiger charge is -2.38. The number of nitrogens with one attached hydrogen (secondary N) is 2. The van der Waals surface area contributed by atoms with E-state index in [0.29, 0.717) is 24.9 Å². The molecule has 0 bridgehead atoms. The molecule has 198 valence electrons. The summed E-state index contributed by atoms with van der Waals surface area (Å²) in [5.41, 5.74) is 5.31. The van der Waals surface area contributed by atoms with Crippen molar-refractivity contribution in [2.75, 3.05) is 31.5 Å². The third-order valence-electron chi connectivity index (χ3n) is 6.66. The lowest BCUT2D eigenvalue weighted by molar-refractivity contribution is -0.162. The van der Waals surface area contributed by atoms with Crippen LogP contribution >= 0.6 is 0 Å².